The minimum Gasteiger partial charge on any atom is -0.506 e. The van der Waals surface area contributed by atoms with Crippen LogP contribution >= 0.6 is 11.0 Å². The van der Waals surface area contributed by atoms with Crippen LogP contribution in [0.2, 0.25) is 0 Å². The number of fused-ring (bicyclic) bond motifs is 1. The number of rotatable bonds is 5. The van der Waals surface area contributed by atoms with Gasteiger partial charge in [0.15, 0.2) is 0 Å². The van der Waals surface area contributed by atoms with Gasteiger partial charge in [-0.3, -0.25) is 18.2 Å². The first-order valence-corrected chi connectivity index (χ1v) is 10.0. The molecule has 9 heteroatoms. The van der Waals surface area contributed by atoms with Crippen molar-refractivity contribution in [3.05, 3.63) is 35.9 Å². The number of hydrogen-bond donors (Lipinski definition) is 6. The van der Waals surface area contributed by atoms with E-state index in [9.17, 15) is 29.2 Å². The van der Waals surface area contributed by atoms with Crippen molar-refractivity contribution in [3.8, 4) is 5.75 Å². The summed E-state index contributed by atoms with van der Waals surface area (Å²) in [5, 5.41) is 30.7. The highest BCUT2D eigenvalue weighted by atomic mass is 32.3. The lowest BCUT2D eigenvalue weighted by molar-refractivity contribution is -0.147. The topological polar surface area (TPSA) is 133 Å². The second kappa shape index (κ2) is 6.84. The maximum absolute atomic E-state index is 11.3. The maximum atomic E-state index is 11.3. The molecule has 6 N–H and O–H groups in total. The van der Waals surface area contributed by atoms with E-state index in [-0.39, 0.29) is 18.0 Å². The van der Waals surface area contributed by atoms with Crippen LogP contribution in [-0.2, 0) is 11.2 Å². The molecule has 1 heterocycles. The average molecular weight is 396 g/mol. The molecule has 2 aromatic rings. The molecule has 1 saturated heterocycles. The predicted octanol–water partition coefficient (Wildman–Crippen LogP) is 2.90. The molecular weight excluding hydrogens is 372 g/mol. The number of carboxylic acids is 1. The van der Waals surface area contributed by atoms with Gasteiger partial charge in [0, 0.05) is 0 Å². The van der Waals surface area contributed by atoms with Crippen molar-refractivity contribution in [2.75, 3.05) is 10.8 Å². The van der Waals surface area contributed by atoms with Gasteiger partial charge in [0.1, 0.15) is 17.7 Å². The summed E-state index contributed by atoms with van der Waals surface area (Å²) in [5.74, 6) is -0.973. The molecule has 1 fully saturated rings. The Bertz CT molecular complexity index is 886. The van der Waals surface area contributed by atoms with Gasteiger partial charge in [0.2, 0.25) is 0 Å². The van der Waals surface area contributed by atoms with Crippen LogP contribution < -0.4 is 9.03 Å². The number of carbonyl (C=O) groups is 1. The molecule has 0 aromatic heterocycles. The molecule has 1 aliphatic heterocycles. The third kappa shape index (κ3) is 3.97. The molecular formula is C18H24N2O6S. The van der Waals surface area contributed by atoms with Crippen molar-refractivity contribution in [1.82, 2.24) is 4.72 Å². The quantitative estimate of drug-likeness (QED) is 0.454. The highest BCUT2D eigenvalue weighted by molar-refractivity contribution is 8.24. The number of carboxylic acid groups (broad SMARTS) is 1. The van der Waals surface area contributed by atoms with Crippen LogP contribution in [-0.4, -0.2) is 43.2 Å². The lowest BCUT2D eigenvalue weighted by atomic mass is 9.86. The summed E-state index contributed by atoms with van der Waals surface area (Å²) in [6.07, 6.45) is -0.0682. The zero-order valence-corrected chi connectivity index (χ0v) is 15.9. The van der Waals surface area contributed by atoms with E-state index in [1.807, 2.05) is 18.2 Å². The predicted molar refractivity (Wildman–Crippen MR) is 105 cm³/mol. The van der Waals surface area contributed by atoms with Gasteiger partial charge in [-0.1, -0.05) is 29.2 Å². The van der Waals surface area contributed by atoms with Crippen molar-refractivity contribution < 1.29 is 29.2 Å². The number of nitrogens with one attached hydrogen (secondary N) is 1. The molecule has 0 bridgehead atoms. The summed E-state index contributed by atoms with van der Waals surface area (Å²) in [6.45, 7) is 3.29. The van der Waals surface area contributed by atoms with Crippen LogP contribution in [0.4, 0.5) is 5.69 Å². The van der Waals surface area contributed by atoms with Crippen molar-refractivity contribution >= 4 is 33.4 Å². The second-order valence-corrected chi connectivity index (χ2v) is 9.14. The Morgan fingerprint density at radius 3 is 2.56 bits per heavy atom. The molecule has 0 saturated carbocycles. The standard InChI is InChI=1S/C18H24N2O6S/c1-18(2,17(23)24)6-5-11-3-4-12-9-15(21)14(8-13(12)7-11)20-10-16(22)19-27(20,25)26/h3-4,7-9,16,19,21-22,25-26H,5-6,10H2,1-2H3,(H,23,24). The smallest absolute Gasteiger partial charge is 0.309 e. The van der Waals surface area contributed by atoms with Crippen LogP contribution in [0.1, 0.15) is 25.8 Å². The van der Waals surface area contributed by atoms with Gasteiger partial charge < -0.3 is 15.3 Å². The van der Waals surface area contributed by atoms with Crippen LogP contribution in [0.25, 0.3) is 10.8 Å². The molecule has 0 spiro atoms. The minimum absolute atomic E-state index is 0.0755. The van der Waals surface area contributed by atoms with E-state index in [1.165, 1.54) is 6.07 Å². The number of anilines is 1. The second-order valence-electron chi connectivity index (χ2n) is 7.42. The van der Waals surface area contributed by atoms with Gasteiger partial charge in [-0.25, -0.2) is 0 Å². The molecule has 0 aliphatic carbocycles. The van der Waals surface area contributed by atoms with Crippen LogP contribution in [0.3, 0.4) is 0 Å². The first kappa shape index (κ1) is 19.7. The van der Waals surface area contributed by atoms with Gasteiger partial charge in [-0.15, -0.1) is 0 Å². The molecule has 0 radical (unpaired) electrons. The van der Waals surface area contributed by atoms with Crippen LogP contribution in [0, 0.1) is 5.41 Å². The van der Waals surface area contributed by atoms with Crippen molar-refractivity contribution in [2.24, 2.45) is 5.41 Å². The minimum atomic E-state index is -3.42. The van der Waals surface area contributed by atoms with Gasteiger partial charge in [-0.05, 0) is 55.2 Å². The number of nitrogens with zero attached hydrogens (tertiary/aromatic N) is 1. The molecule has 2 aromatic carbocycles. The Kier molecular flexibility index (Phi) is 5.00. The van der Waals surface area contributed by atoms with E-state index >= 15 is 0 Å². The van der Waals surface area contributed by atoms with E-state index in [0.29, 0.717) is 12.8 Å². The lowest BCUT2D eigenvalue weighted by Gasteiger charge is -2.37. The molecule has 1 aliphatic rings. The number of benzene rings is 2. The summed E-state index contributed by atoms with van der Waals surface area (Å²) >= 11 is 0. The summed E-state index contributed by atoms with van der Waals surface area (Å²) in [4.78, 5) is 11.3. The Hall–Kier alpha value is -2.04. The number of aryl methyl sites for hydroxylation is 1. The zero-order chi connectivity index (χ0) is 20.0. The van der Waals surface area contributed by atoms with Crippen molar-refractivity contribution in [1.29, 1.82) is 0 Å². The summed E-state index contributed by atoms with van der Waals surface area (Å²) < 4.78 is 23.6. The number of aliphatic hydroxyl groups excluding tert-OH is 1. The number of aliphatic hydroxyl groups is 1. The highest BCUT2D eigenvalue weighted by Gasteiger charge is 2.36. The van der Waals surface area contributed by atoms with Gasteiger partial charge in [-0.2, -0.15) is 4.72 Å². The average Bonchev–Trinajstić information content (AvgIpc) is 2.84. The first-order valence-electron chi connectivity index (χ1n) is 8.50. The van der Waals surface area contributed by atoms with Crippen LogP contribution in [0.15, 0.2) is 30.3 Å². The summed E-state index contributed by atoms with van der Waals surface area (Å²) in [5.41, 5.74) is 0.317. The third-order valence-electron chi connectivity index (χ3n) is 4.82. The van der Waals surface area contributed by atoms with E-state index in [0.717, 1.165) is 20.6 Å². The normalized spacial score (nSPS) is 20.8. The first-order chi connectivity index (χ1) is 12.5. The fraction of sp³-hybridized carbons (Fsp3) is 0.389. The van der Waals surface area contributed by atoms with Crippen molar-refractivity contribution in [2.45, 2.75) is 32.9 Å². The van der Waals surface area contributed by atoms with Crippen molar-refractivity contribution in [3.63, 3.8) is 0 Å². The molecule has 148 valence electrons. The SMILES string of the molecule is CC(C)(CCc1ccc2cc(O)c(N3CC(O)NS3(O)O)cc2c1)C(=O)O. The summed E-state index contributed by atoms with van der Waals surface area (Å²) in [7, 11) is -3.42. The van der Waals surface area contributed by atoms with E-state index in [1.54, 1.807) is 19.9 Å². The van der Waals surface area contributed by atoms with Gasteiger partial charge >= 0.3 is 5.97 Å². The summed E-state index contributed by atoms with van der Waals surface area (Å²) in [6, 6.07) is 8.76. The molecule has 0 amide bonds. The van der Waals surface area contributed by atoms with E-state index in [2.05, 4.69) is 4.72 Å². The third-order valence-corrected chi connectivity index (χ3v) is 6.37. The largest absolute Gasteiger partial charge is 0.506 e. The molecule has 8 nitrogen and oxygen atoms in total. The zero-order valence-electron chi connectivity index (χ0n) is 15.1. The number of aliphatic carboxylic acids is 1. The number of aromatic hydroxyl groups is 1. The highest BCUT2D eigenvalue weighted by Crippen LogP contribution is 2.50. The number of phenolic OH excluding ortho intramolecular Hbond substituents is 1. The number of phenols is 1. The monoisotopic (exact) mass is 396 g/mol. The fourth-order valence-electron chi connectivity index (χ4n) is 3.02. The number of β-amino-alcohol motifs (C(OH)–C–C–N with tert-alkyl or cyclic N) is 1. The van der Waals surface area contributed by atoms with Crippen LogP contribution in [0.5, 0.6) is 5.75 Å². The molecule has 1 unspecified atom stereocenters. The fourth-order valence-corrected chi connectivity index (χ4v) is 4.36. The number of hydrogen-bond acceptors (Lipinski definition) is 7. The lowest BCUT2D eigenvalue weighted by Crippen LogP contribution is -2.25. The van der Waals surface area contributed by atoms with Gasteiger partial charge in [0.05, 0.1) is 12.0 Å². The Labute approximate surface area is 158 Å². The van der Waals surface area contributed by atoms with Gasteiger partial charge in [0.25, 0.3) is 0 Å². The molecule has 27 heavy (non-hydrogen) atoms. The molecule has 3 rings (SSSR count). The Morgan fingerprint density at radius 2 is 1.96 bits per heavy atom. The maximum Gasteiger partial charge on any atom is 0.309 e. The molecule has 1 atom stereocenters. The van der Waals surface area contributed by atoms with E-state index in [4.69, 9.17) is 0 Å². The Morgan fingerprint density at radius 1 is 1.26 bits per heavy atom. The van der Waals surface area contributed by atoms with E-state index < -0.39 is 28.6 Å². The Balaban J connectivity index is 1.92.